The van der Waals surface area contributed by atoms with Gasteiger partial charge in [-0.25, -0.2) is 0 Å². The molecular weight excluding hydrogens is 295 g/mol. The van der Waals surface area contributed by atoms with E-state index in [2.05, 4.69) is 0 Å². The van der Waals surface area contributed by atoms with Crippen LogP contribution in [0.2, 0.25) is 0 Å². The lowest BCUT2D eigenvalue weighted by molar-refractivity contribution is 0.367. The monoisotopic (exact) mass is 318 g/mol. The summed E-state index contributed by atoms with van der Waals surface area (Å²) in [4.78, 5) is 0.114. The summed E-state index contributed by atoms with van der Waals surface area (Å²) in [7, 11) is -6.37. The van der Waals surface area contributed by atoms with Gasteiger partial charge in [0.1, 0.15) is 13.5 Å². The summed E-state index contributed by atoms with van der Waals surface area (Å²) in [6, 6.07) is 6.45. The minimum atomic E-state index is -3.82. The highest BCUT2D eigenvalue weighted by Gasteiger charge is 2.25. The zero-order valence-electron chi connectivity index (χ0n) is 12.3. The van der Waals surface area contributed by atoms with Crippen molar-refractivity contribution in [3.63, 3.8) is 0 Å². The number of hydrogen-bond donors (Lipinski definition) is 0. The molecule has 20 heavy (non-hydrogen) atoms. The van der Waals surface area contributed by atoms with E-state index in [1.165, 1.54) is 12.1 Å². The lowest BCUT2D eigenvalue weighted by Crippen LogP contribution is -2.10. The normalized spacial score (nSPS) is 12.6. The molecule has 0 aliphatic rings. The van der Waals surface area contributed by atoms with Crippen molar-refractivity contribution >= 4 is 17.3 Å². The molecule has 0 spiro atoms. The minimum Gasteiger partial charge on any atom is -0.321 e. The highest BCUT2D eigenvalue weighted by molar-refractivity contribution is 7.87. The average Bonchev–Trinajstić information content (AvgIpc) is 2.38. The number of aryl methyl sites for hydroxylation is 1. The van der Waals surface area contributed by atoms with Crippen LogP contribution in [0.15, 0.2) is 29.2 Å². The molecular formula is C14H23O4PS. The van der Waals surface area contributed by atoms with Crippen LogP contribution < -0.4 is 0 Å². The van der Waals surface area contributed by atoms with Crippen LogP contribution in [0.1, 0.15) is 32.3 Å². The fraction of sp³-hybridized carbons (Fsp3) is 0.571. The van der Waals surface area contributed by atoms with Gasteiger partial charge in [-0.05, 0) is 31.9 Å². The molecule has 6 heteroatoms. The standard InChI is InChI=1S/C14H23O4PS/c1-4-10-19(15,11-5-2)12-18-20(16,17)14-8-6-13(3)7-9-14/h6-9H,4-5,10-12H2,1-3H3. The molecule has 0 saturated heterocycles. The van der Waals surface area contributed by atoms with E-state index < -0.39 is 17.3 Å². The second-order valence-electron chi connectivity index (χ2n) is 5.02. The number of rotatable bonds is 8. The largest absolute Gasteiger partial charge is 0.321 e. The first-order valence-electron chi connectivity index (χ1n) is 6.86. The maximum Gasteiger partial charge on any atom is 0.297 e. The SMILES string of the molecule is CCCP(=O)(CCC)COS(=O)(=O)c1ccc(C)cc1. The Kier molecular flexibility index (Phi) is 6.44. The van der Waals surface area contributed by atoms with Gasteiger partial charge in [0.05, 0.1) is 4.90 Å². The summed E-state index contributed by atoms with van der Waals surface area (Å²) in [5.41, 5.74) is 0.978. The first kappa shape index (κ1) is 17.4. The molecule has 0 heterocycles. The summed E-state index contributed by atoms with van der Waals surface area (Å²) < 4.78 is 41.7. The van der Waals surface area contributed by atoms with Crippen molar-refractivity contribution < 1.29 is 17.2 Å². The smallest absolute Gasteiger partial charge is 0.297 e. The predicted octanol–water partition coefficient (Wildman–Crippen LogP) is 3.84. The van der Waals surface area contributed by atoms with E-state index in [4.69, 9.17) is 4.18 Å². The lowest BCUT2D eigenvalue weighted by atomic mass is 10.2. The second-order valence-corrected chi connectivity index (χ2v) is 9.90. The first-order valence-corrected chi connectivity index (χ1v) is 10.5. The first-order chi connectivity index (χ1) is 9.33. The van der Waals surface area contributed by atoms with Crippen LogP contribution in [0.25, 0.3) is 0 Å². The van der Waals surface area contributed by atoms with Gasteiger partial charge in [0.25, 0.3) is 10.1 Å². The Labute approximate surface area is 122 Å². The van der Waals surface area contributed by atoms with E-state index in [9.17, 15) is 13.0 Å². The Bertz CT molecular complexity index is 553. The topological polar surface area (TPSA) is 60.4 Å². The molecule has 0 atom stereocenters. The van der Waals surface area contributed by atoms with E-state index in [1.807, 2.05) is 20.8 Å². The van der Waals surface area contributed by atoms with Crippen molar-refractivity contribution in [1.29, 1.82) is 0 Å². The van der Waals surface area contributed by atoms with E-state index in [0.717, 1.165) is 18.4 Å². The molecule has 0 aliphatic heterocycles. The van der Waals surface area contributed by atoms with Gasteiger partial charge >= 0.3 is 0 Å². The third-order valence-electron chi connectivity index (χ3n) is 3.02. The van der Waals surface area contributed by atoms with Crippen LogP contribution in [0.4, 0.5) is 0 Å². The van der Waals surface area contributed by atoms with Crippen molar-refractivity contribution in [2.24, 2.45) is 0 Å². The van der Waals surface area contributed by atoms with Crippen molar-refractivity contribution in [3.05, 3.63) is 29.8 Å². The van der Waals surface area contributed by atoms with Crippen LogP contribution in [0, 0.1) is 6.92 Å². The Morgan fingerprint density at radius 2 is 1.55 bits per heavy atom. The average molecular weight is 318 g/mol. The molecule has 0 radical (unpaired) electrons. The number of hydrogen-bond acceptors (Lipinski definition) is 4. The zero-order chi connectivity index (χ0) is 15.2. The lowest BCUT2D eigenvalue weighted by Gasteiger charge is -2.16. The van der Waals surface area contributed by atoms with Gasteiger partial charge in [-0.3, -0.25) is 4.18 Å². The van der Waals surface area contributed by atoms with Crippen molar-refractivity contribution in [2.45, 2.75) is 38.5 Å². The molecule has 4 nitrogen and oxygen atoms in total. The molecule has 0 aliphatic carbocycles. The molecule has 0 fully saturated rings. The molecule has 0 amide bonds. The molecule has 114 valence electrons. The third-order valence-corrected chi connectivity index (χ3v) is 7.59. The fourth-order valence-electron chi connectivity index (χ4n) is 1.99. The fourth-order valence-corrected chi connectivity index (χ4v) is 6.04. The van der Waals surface area contributed by atoms with Crippen LogP contribution >= 0.6 is 7.14 Å². The molecule has 0 bridgehead atoms. The summed E-state index contributed by atoms with van der Waals surface area (Å²) in [6.45, 7) is 5.77. The van der Waals surface area contributed by atoms with Crippen molar-refractivity contribution in [1.82, 2.24) is 0 Å². The molecule has 0 aromatic heterocycles. The van der Waals surface area contributed by atoms with Gasteiger partial charge in [-0.2, -0.15) is 8.42 Å². The van der Waals surface area contributed by atoms with E-state index in [0.29, 0.717) is 12.3 Å². The molecule has 0 unspecified atom stereocenters. The van der Waals surface area contributed by atoms with E-state index in [-0.39, 0.29) is 11.2 Å². The maximum atomic E-state index is 12.6. The minimum absolute atomic E-state index is 0.114. The quantitative estimate of drug-likeness (QED) is 0.540. The van der Waals surface area contributed by atoms with E-state index >= 15 is 0 Å². The zero-order valence-corrected chi connectivity index (χ0v) is 14.0. The van der Waals surface area contributed by atoms with Gasteiger partial charge in [-0.15, -0.1) is 0 Å². The second kappa shape index (κ2) is 7.39. The van der Waals surface area contributed by atoms with Gasteiger partial charge in [-0.1, -0.05) is 31.5 Å². The van der Waals surface area contributed by atoms with Crippen LogP contribution in [0.5, 0.6) is 0 Å². The molecule has 1 aromatic rings. The predicted molar refractivity (Wildman–Crippen MR) is 82.2 cm³/mol. The van der Waals surface area contributed by atoms with Gasteiger partial charge in [0.2, 0.25) is 0 Å². The van der Waals surface area contributed by atoms with Gasteiger partial charge in [0, 0.05) is 12.3 Å². The summed E-state index contributed by atoms with van der Waals surface area (Å²) in [6.07, 6.45) is 2.41. The van der Waals surface area contributed by atoms with Crippen LogP contribution in [-0.2, 0) is 18.9 Å². The summed E-state index contributed by atoms with van der Waals surface area (Å²) in [5, 5.41) is 0. The Balaban J connectivity index is 2.81. The highest BCUT2D eigenvalue weighted by Crippen LogP contribution is 2.47. The summed E-state index contributed by atoms with van der Waals surface area (Å²) >= 11 is 0. The maximum absolute atomic E-state index is 12.6. The third kappa shape index (κ3) is 5.04. The Morgan fingerprint density at radius 1 is 1.05 bits per heavy atom. The Morgan fingerprint density at radius 3 is 2.00 bits per heavy atom. The molecule has 0 N–H and O–H groups in total. The summed E-state index contributed by atoms with van der Waals surface area (Å²) in [5.74, 6) is 0. The van der Waals surface area contributed by atoms with Crippen LogP contribution in [0.3, 0.4) is 0 Å². The highest BCUT2D eigenvalue weighted by atomic mass is 32.2. The molecule has 1 rings (SSSR count). The number of benzene rings is 1. The van der Waals surface area contributed by atoms with Gasteiger partial charge in [0.15, 0.2) is 0 Å². The molecule has 0 saturated carbocycles. The Hall–Kier alpha value is -0.640. The van der Waals surface area contributed by atoms with E-state index in [1.54, 1.807) is 12.1 Å². The van der Waals surface area contributed by atoms with Gasteiger partial charge < -0.3 is 4.57 Å². The van der Waals surface area contributed by atoms with Crippen molar-refractivity contribution in [2.75, 3.05) is 18.7 Å². The molecule has 1 aromatic carbocycles. The van der Waals surface area contributed by atoms with Crippen LogP contribution in [-0.4, -0.2) is 27.1 Å². The van der Waals surface area contributed by atoms with Crippen molar-refractivity contribution in [3.8, 4) is 0 Å².